The van der Waals surface area contributed by atoms with Crippen molar-refractivity contribution in [1.29, 1.82) is 5.26 Å². The van der Waals surface area contributed by atoms with Gasteiger partial charge in [-0.05, 0) is 35.4 Å². The molecule has 0 radical (unpaired) electrons. The van der Waals surface area contributed by atoms with E-state index in [4.69, 9.17) is 11.0 Å². The number of nitrogens with zero attached hydrogens (tertiary/aromatic N) is 4. The second-order valence-corrected chi connectivity index (χ2v) is 6.60. The summed E-state index contributed by atoms with van der Waals surface area (Å²) in [6, 6.07) is 23.8. The lowest BCUT2D eigenvalue weighted by Gasteiger charge is -2.11. The van der Waals surface area contributed by atoms with Crippen LogP contribution in [-0.2, 0) is 13.0 Å². The van der Waals surface area contributed by atoms with Gasteiger partial charge in [-0.2, -0.15) is 5.26 Å². The molecule has 144 valence electrons. The number of anilines is 1. The standard InChI is InChI=1S/C23H19N5.ClH/c24-13-18-8-6-17(7-9-18)12-21-14-26-16-28(21)15-20-10-11-22(23(25)27-20)19-4-2-1-3-5-19;/h1-11,14,16H,12,15H2,(H2,25,27);1H. The molecule has 2 aromatic carbocycles. The molecule has 2 heterocycles. The van der Waals surface area contributed by atoms with Crippen molar-refractivity contribution in [3.8, 4) is 17.2 Å². The summed E-state index contributed by atoms with van der Waals surface area (Å²) in [6.07, 6.45) is 4.41. The van der Waals surface area contributed by atoms with Gasteiger partial charge in [0.15, 0.2) is 0 Å². The Bertz CT molecular complexity index is 1130. The third kappa shape index (κ3) is 4.63. The molecule has 0 aliphatic rings. The summed E-state index contributed by atoms with van der Waals surface area (Å²) in [6.45, 7) is 0.602. The predicted octanol–water partition coefficient (Wildman–Crippen LogP) is 4.46. The zero-order chi connectivity index (χ0) is 19.3. The molecule has 0 bridgehead atoms. The van der Waals surface area contributed by atoms with Gasteiger partial charge in [0.1, 0.15) is 5.82 Å². The van der Waals surface area contributed by atoms with Crippen LogP contribution in [0.5, 0.6) is 0 Å². The average Bonchev–Trinajstić information content (AvgIpc) is 3.16. The number of pyridine rings is 1. The van der Waals surface area contributed by atoms with Crippen molar-refractivity contribution in [3.63, 3.8) is 0 Å². The summed E-state index contributed by atoms with van der Waals surface area (Å²) in [7, 11) is 0. The van der Waals surface area contributed by atoms with E-state index in [2.05, 4.69) is 20.6 Å². The first-order chi connectivity index (χ1) is 13.7. The van der Waals surface area contributed by atoms with Crippen LogP contribution in [0.3, 0.4) is 0 Å². The molecule has 29 heavy (non-hydrogen) atoms. The lowest BCUT2D eigenvalue weighted by Crippen LogP contribution is -2.07. The van der Waals surface area contributed by atoms with Crippen LogP contribution in [0.1, 0.15) is 22.5 Å². The molecule has 2 aromatic heterocycles. The maximum absolute atomic E-state index is 8.93. The Balaban J connectivity index is 0.00000240. The van der Waals surface area contributed by atoms with Gasteiger partial charge in [0, 0.05) is 23.9 Å². The molecule has 0 atom stereocenters. The summed E-state index contributed by atoms with van der Waals surface area (Å²) in [5, 5.41) is 8.93. The first kappa shape index (κ1) is 20.1. The van der Waals surface area contributed by atoms with Crippen LogP contribution in [0.4, 0.5) is 5.82 Å². The van der Waals surface area contributed by atoms with Gasteiger partial charge in [0.25, 0.3) is 0 Å². The van der Waals surface area contributed by atoms with Crippen LogP contribution >= 0.6 is 12.4 Å². The minimum absolute atomic E-state index is 0. The van der Waals surface area contributed by atoms with Gasteiger partial charge in [-0.3, -0.25) is 0 Å². The number of nitriles is 1. The van der Waals surface area contributed by atoms with E-state index in [1.807, 2.05) is 79.3 Å². The Labute approximate surface area is 175 Å². The lowest BCUT2D eigenvalue weighted by atomic mass is 10.1. The summed E-state index contributed by atoms with van der Waals surface area (Å²) in [4.78, 5) is 8.88. The first-order valence-electron chi connectivity index (χ1n) is 9.02. The van der Waals surface area contributed by atoms with Gasteiger partial charge in [-0.1, -0.05) is 42.5 Å². The SMILES string of the molecule is Cl.N#Cc1ccc(Cc2cncn2Cc2ccc(-c3ccccc3)c(N)n2)cc1. The summed E-state index contributed by atoms with van der Waals surface area (Å²) >= 11 is 0. The Morgan fingerprint density at radius 3 is 2.41 bits per heavy atom. The van der Waals surface area contributed by atoms with Crippen LogP contribution in [-0.4, -0.2) is 14.5 Å². The van der Waals surface area contributed by atoms with E-state index in [0.29, 0.717) is 17.9 Å². The number of nitrogen functional groups attached to an aromatic ring is 1. The topological polar surface area (TPSA) is 80.5 Å². The van der Waals surface area contributed by atoms with Crippen LogP contribution in [0.15, 0.2) is 79.3 Å². The molecule has 5 nitrogen and oxygen atoms in total. The molecule has 0 aliphatic heterocycles. The Kier molecular flexibility index (Phi) is 6.28. The molecule has 0 unspecified atom stereocenters. The molecule has 4 aromatic rings. The van der Waals surface area contributed by atoms with Crippen molar-refractivity contribution in [3.05, 3.63) is 102 Å². The minimum atomic E-state index is 0. The molecule has 0 aliphatic carbocycles. The second kappa shape index (κ2) is 9.05. The van der Waals surface area contributed by atoms with Crippen molar-refractivity contribution >= 4 is 18.2 Å². The highest BCUT2D eigenvalue weighted by atomic mass is 35.5. The molecule has 0 amide bonds. The van der Waals surface area contributed by atoms with E-state index >= 15 is 0 Å². The van der Waals surface area contributed by atoms with Crippen LogP contribution in [0.25, 0.3) is 11.1 Å². The molecule has 2 N–H and O–H groups in total. The quantitative estimate of drug-likeness (QED) is 0.535. The van der Waals surface area contributed by atoms with Crippen molar-refractivity contribution in [2.24, 2.45) is 0 Å². The van der Waals surface area contributed by atoms with Gasteiger partial charge in [-0.15, -0.1) is 12.4 Å². The van der Waals surface area contributed by atoms with E-state index in [-0.39, 0.29) is 12.4 Å². The van der Waals surface area contributed by atoms with Crippen LogP contribution < -0.4 is 5.73 Å². The summed E-state index contributed by atoms with van der Waals surface area (Å²) < 4.78 is 2.07. The van der Waals surface area contributed by atoms with Gasteiger partial charge in [-0.25, -0.2) is 9.97 Å². The predicted molar refractivity (Wildman–Crippen MR) is 117 cm³/mol. The first-order valence-corrected chi connectivity index (χ1v) is 9.02. The number of halogens is 1. The van der Waals surface area contributed by atoms with Crippen molar-refractivity contribution in [2.75, 3.05) is 5.73 Å². The zero-order valence-electron chi connectivity index (χ0n) is 15.7. The van der Waals surface area contributed by atoms with Crippen LogP contribution in [0.2, 0.25) is 0 Å². The summed E-state index contributed by atoms with van der Waals surface area (Å²) in [5.74, 6) is 0.525. The summed E-state index contributed by atoms with van der Waals surface area (Å²) in [5.41, 5.74) is 12.0. The molecule has 0 saturated heterocycles. The zero-order valence-corrected chi connectivity index (χ0v) is 16.5. The van der Waals surface area contributed by atoms with E-state index in [9.17, 15) is 0 Å². The number of nitrogens with two attached hydrogens (primary N) is 1. The maximum Gasteiger partial charge on any atom is 0.131 e. The Morgan fingerprint density at radius 2 is 1.72 bits per heavy atom. The fraction of sp³-hybridized carbons (Fsp3) is 0.0870. The highest BCUT2D eigenvalue weighted by molar-refractivity contribution is 5.85. The number of benzene rings is 2. The Morgan fingerprint density at radius 1 is 0.966 bits per heavy atom. The number of rotatable bonds is 5. The second-order valence-electron chi connectivity index (χ2n) is 6.60. The van der Waals surface area contributed by atoms with E-state index in [1.54, 1.807) is 0 Å². The van der Waals surface area contributed by atoms with Gasteiger partial charge in [0.2, 0.25) is 0 Å². The van der Waals surface area contributed by atoms with Crippen molar-refractivity contribution in [2.45, 2.75) is 13.0 Å². The Hall–Kier alpha value is -3.62. The van der Waals surface area contributed by atoms with Gasteiger partial charge >= 0.3 is 0 Å². The smallest absolute Gasteiger partial charge is 0.131 e. The lowest BCUT2D eigenvalue weighted by molar-refractivity contribution is 0.736. The maximum atomic E-state index is 8.93. The third-order valence-electron chi connectivity index (χ3n) is 4.67. The average molecular weight is 402 g/mol. The molecule has 0 fully saturated rings. The molecule has 0 saturated carbocycles. The normalized spacial score (nSPS) is 10.2. The highest BCUT2D eigenvalue weighted by Gasteiger charge is 2.08. The largest absolute Gasteiger partial charge is 0.383 e. The fourth-order valence-corrected chi connectivity index (χ4v) is 3.19. The minimum Gasteiger partial charge on any atom is -0.383 e. The molecular weight excluding hydrogens is 382 g/mol. The van der Waals surface area contributed by atoms with E-state index in [1.165, 1.54) is 0 Å². The fourth-order valence-electron chi connectivity index (χ4n) is 3.19. The van der Waals surface area contributed by atoms with Crippen LogP contribution in [0, 0.1) is 11.3 Å². The van der Waals surface area contributed by atoms with Crippen molar-refractivity contribution in [1.82, 2.24) is 14.5 Å². The number of hydrogen-bond donors (Lipinski definition) is 1. The number of hydrogen-bond acceptors (Lipinski definition) is 4. The van der Waals surface area contributed by atoms with E-state index < -0.39 is 0 Å². The van der Waals surface area contributed by atoms with Gasteiger partial charge in [0.05, 0.1) is 30.2 Å². The van der Waals surface area contributed by atoms with Gasteiger partial charge < -0.3 is 10.3 Å². The van der Waals surface area contributed by atoms with Crippen molar-refractivity contribution < 1.29 is 0 Å². The van der Waals surface area contributed by atoms with E-state index in [0.717, 1.165) is 34.5 Å². The number of imidazole rings is 1. The highest BCUT2D eigenvalue weighted by Crippen LogP contribution is 2.24. The number of aromatic nitrogens is 3. The molecule has 4 rings (SSSR count). The third-order valence-corrected chi connectivity index (χ3v) is 4.67. The monoisotopic (exact) mass is 401 g/mol. The molecular formula is C23H20ClN5. The molecule has 0 spiro atoms. The molecule has 6 heteroatoms.